The van der Waals surface area contributed by atoms with Crippen LogP contribution in [-0.4, -0.2) is 22.7 Å². The van der Waals surface area contributed by atoms with E-state index in [1.54, 1.807) is 0 Å². The molecule has 0 spiro atoms. The van der Waals surface area contributed by atoms with Crippen LogP contribution >= 0.6 is 11.3 Å². The highest BCUT2D eigenvalue weighted by atomic mass is 32.1. The summed E-state index contributed by atoms with van der Waals surface area (Å²) in [4.78, 5) is 11.8. The molecule has 0 bridgehead atoms. The Morgan fingerprint density at radius 2 is 2.05 bits per heavy atom. The molecule has 2 aromatic rings. The molecule has 21 heavy (non-hydrogen) atoms. The molecule has 0 aliphatic rings. The lowest BCUT2D eigenvalue weighted by Crippen LogP contribution is -2.15. The van der Waals surface area contributed by atoms with Crippen molar-refractivity contribution in [3.63, 3.8) is 0 Å². The number of amides is 1. The van der Waals surface area contributed by atoms with Gasteiger partial charge in [-0.15, -0.1) is 10.2 Å². The fourth-order valence-electron chi connectivity index (χ4n) is 1.70. The van der Waals surface area contributed by atoms with Gasteiger partial charge in [0, 0.05) is 6.42 Å². The quantitative estimate of drug-likeness (QED) is 0.853. The lowest BCUT2D eigenvalue weighted by molar-refractivity contribution is -0.116. The van der Waals surface area contributed by atoms with E-state index in [1.807, 2.05) is 31.2 Å². The zero-order valence-electron chi connectivity index (χ0n) is 12.3. The first kappa shape index (κ1) is 15.4. The Labute approximate surface area is 128 Å². The van der Waals surface area contributed by atoms with Crippen LogP contribution in [0, 0.1) is 6.92 Å². The standard InChI is InChI=1S/C15H19N3O2S/c1-3-4-14-17-18-15(21-14)16-13(19)9-10-20-12-7-5-11(2)6-8-12/h5-8H,3-4,9-10H2,1-2H3,(H,16,18,19). The van der Waals surface area contributed by atoms with Crippen molar-refractivity contribution in [3.05, 3.63) is 34.8 Å². The number of rotatable bonds is 7. The Kier molecular flexibility index (Phi) is 5.68. The average molecular weight is 305 g/mol. The molecule has 0 fully saturated rings. The van der Waals surface area contributed by atoms with Crippen molar-refractivity contribution < 1.29 is 9.53 Å². The van der Waals surface area contributed by atoms with Gasteiger partial charge >= 0.3 is 0 Å². The van der Waals surface area contributed by atoms with Crippen molar-refractivity contribution in [2.24, 2.45) is 0 Å². The SMILES string of the molecule is CCCc1nnc(NC(=O)CCOc2ccc(C)cc2)s1. The van der Waals surface area contributed by atoms with Gasteiger partial charge < -0.3 is 10.1 Å². The summed E-state index contributed by atoms with van der Waals surface area (Å²) in [6.45, 7) is 4.45. The van der Waals surface area contributed by atoms with Crippen LogP contribution in [0.15, 0.2) is 24.3 Å². The average Bonchev–Trinajstić information content (AvgIpc) is 2.89. The van der Waals surface area contributed by atoms with Crippen molar-refractivity contribution >= 4 is 22.4 Å². The molecule has 0 aliphatic carbocycles. The number of carbonyl (C=O) groups is 1. The minimum atomic E-state index is -0.110. The molecule has 112 valence electrons. The molecule has 1 aromatic heterocycles. The number of benzene rings is 1. The molecule has 1 heterocycles. The molecule has 0 atom stereocenters. The van der Waals surface area contributed by atoms with E-state index in [2.05, 4.69) is 22.4 Å². The van der Waals surface area contributed by atoms with E-state index in [0.717, 1.165) is 23.6 Å². The molecule has 0 saturated heterocycles. The minimum Gasteiger partial charge on any atom is -0.493 e. The summed E-state index contributed by atoms with van der Waals surface area (Å²) in [5.41, 5.74) is 1.18. The highest BCUT2D eigenvalue weighted by Crippen LogP contribution is 2.17. The van der Waals surface area contributed by atoms with E-state index in [0.29, 0.717) is 11.7 Å². The van der Waals surface area contributed by atoms with Crippen LogP contribution in [0.5, 0.6) is 5.75 Å². The first-order valence-electron chi connectivity index (χ1n) is 6.99. The van der Waals surface area contributed by atoms with E-state index in [-0.39, 0.29) is 12.3 Å². The van der Waals surface area contributed by atoms with Crippen molar-refractivity contribution in [3.8, 4) is 5.75 Å². The smallest absolute Gasteiger partial charge is 0.229 e. The zero-order chi connectivity index (χ0) is 15.1. The van der Waals surface area contributed by atoms with Gasteiger partial charge in [0.25, 0.3) is 0 Å². The Bertz CT molecular complexity index is 581. The largest absolute Gasteiger partial charge is 0.493 e. The first-order chi connectivity index (χ1) is 10.2. The maximum atomic E-state index is 11.8. The van der Waals surface area contributed by atoms with Crippen molar-refractivity contribution in [1.82, 2.24) is 10.2 Å². The van der Waals surface area contributed by atoms with Crippen LogP contribution in [0.25, 0.3) is 0 Å². The molecular formula is C15H19N3O2S. The van der Waals surface area contributed by atoms with Crippen LogP contribution in [0.1, 0.15) is 30.3 Å². The molecule has 0 aliphatic heterocycles. The van der Waals surface area contributed by atoms with Crippen molar-refractivity contribution in [2.75, 3.05) is 11.9 Å². The Balaban J connectivity index is 1.72. The Hall–Kier alpha value is -1.95. The Morgan fingerprint density at radius 1 is 1.29 bits per heavy atom. The molecular weight excluding hydrogens is 286 g/mol. The summed E-state index contributed by atoms with van der Waals surface area (Å²) in [7, 11) is 0. The summed E-state index contributed by atoms with van der Waals surface area (Å²) >= 11 is 1.42. The van der Waals surface area contributed by atoms with Gasteiger partial charge in [0.15, 0.2) is 0 Å². The van der Waals surface area contributed by atoms with Crippen molar-refractivity contribution in [1.29, 1.82) is 0 Å². The van der Waals surface area contributed by atoms with E-state index in [4.69, 9.17) is 4.74 Å². The lowest BCUT2D eigenvalue weighted by Gasteiger charge is -2.05. The number of anilines is 1. The van der Waals surface area contributed by atoms with E-state index >= 15 is 0 Å². The summed E-state index contributed by atoms with van der Waals surface area (Å²) < 4.78 is 5.52. The van der Waals surface area contributed by atoms with Gasteiger partial charge in [-0.2, -0.15) is 0 Å². The molecule has 1 aromatic carbocycles. The summed E-state index contributed by atoms with van der Waals surface area (Å²) in [5, 5.41) is 12.2. The summed E-state index contributed by atoms with van der Waals surface area (Å²) in [5.74, 6) is 0.663. The minimum absolute atomic E-state index is 0.110. The van der Waals surface area contributed by atoms with Gasteiger partial charge in [-0.3, -0.25) is 4.79 Å². The zero-order valence-corrected chi connectivity index (χ0v) is 13.1. The second kappa shape index (κ2) is 7.73. The maximum Gasteiger partial charge on any atom is 0.229 e. The molecule has 0 saturated carbocycles. The number of nitrogens with zero attached hydrogens (tertiary/aromatic N) is 2. The van der Waals surface area contributed by atoms with Crippen LogP contribution < -0.4 is 10.1 Å². The van der Waals surface area contributed by atoms with Crippen LogP contribution in [0.3, 0.4) is 0 Å². The number of aromatic nitrogens is 2. The number of nitrogens with one attached hydrogen (secondary N) is 1. The fraction of sp³-hybridized carbons (Fsp3) is 0.400. The van der Waals surface area contributed by atoms with E-state index in [9.17, 15) is 4.79 Å². The third-order valence-electron chi connectivity index (χ3n) is 2.80. The molecule has 6 heteroatoms. The number of aryl methyl sites for hydroxylation is 2. The lowest BCUT2D eigenvalue weighted by atomic mass is 10.2. The highest BCUT2D eigenvalue weighted by molar-refractivity contribution is 7.15. The van der Waals surface area contributed by atoms with Gasteiger partial charge in [0.05, 0.1) is 13.0 Å². The second-order valence-corrected chi connectivity index (χ2v) is 5.77. The Morgan fingerprint density at radius 3 is 2.76 bits per heavy atom. The fourth-order valence-corrected chi connectivity index (χ4v) is 2.55. The molecule has 1 N–H and O–H groups in total. The van der Waals surface area contributed by atoms with E-state index < -0.39 is 0 Å². The number of hydrogen-bond acceptors (Lipinski definition) is 5. The molecule has 0 unspecified atom stereocenters. The first-order valence-corrected chi connectivity index (χ1v) is 7.80. The van der Waals surface area contributed by atoms with Crippen LogP contribution in [0.4, 0.5) is 5.13 Å². The predicted molar refractivity (Wildman–Crippen MR) is 83.8 cm³/mol. The summed E-state index contributed by atoms with van der Waals surface area (Å²) in [6.07, 6.45) is 2.20. The van der Waals surface area contributed by atoms with Gasteiger partial charge in [0.1, 0.15) is 10.8 Å². The molecule has 1 amide bonds. The number of hydrogen-bond donors (Lipinski definition) is 1. The van der Waals surface area contributed by atoms with Gasteiger partial charge in [-0.25, -0.2) is 0 Å². The molecule has 0 radical (unpaired) electrons. The maximum absolute atomic E-state index is 11.8. The van der Waals surface area contributed by atoms with Crippen LogP contribution in [0.2, 0.25) is 0 Å². The van der Waals surface area contributed by atoms with Gasteiger partial charge in [-0.05, 0) is 25.5 Å². The summed E-state index contributed by atoms with van der Waals surface area (Å²) in [6, 6.07) is 7.75. The van der Waals surface area contributed by atoms with E-state index in [1.165, 1.54) is 16.9 Å². The third kappa shape index (κ3) is 5.15. The van der Waals surface area contributed by atoms with Gasteiger partial charge in [0.2, 0.25) is 11.0 Å². The van der Waals surface area contributed by atoms with Crippen molar-refractivity contribution in [2.45, 2.75) is 33.1 Å². The second-order valence-electron chi connectivity index (χ2n) is 4.71. The third-order valence-corrected chi connectivity index (χ3v) is 3.69. The molecule has 2 rings (SSSR count). The normalized spacial score (nSPS) is 10.4. The highest BCUT2D eigenvalue weighted by Gasteiger charge is 2.08. The predicted octanol–water partition coefficient (Wildman–Crippen LogP) is 3.21. The molecule has 5 nitrogen and oxygen atoms in total. The van der Waals surface area contributed by atoms with Gasteiger partial charge in [-0.1, -0.05) is 36.0 Å². The number of carbonyl (C=O) groups excluding carboxylic acids is 1. The monoisotopic (exact) mass is 305 g/mol. The van der Waals surface area contributed by atoms with Crippen LogP contribution in [-0.2, 0) is 11.2 Å². The number of ether oxygens (including phenoxy) is 1. The topological polar surface area (TPSA) is 64.1 Å².